The van der Waals surface area contributed by atoms with Gasteiger partial charge in [-0.05, 0) is 32.4 Å². The Morgan fingerprint density at radius 1 is 0.682 bits per heavy atom. The van der Waals surface area contributed by atoms with Crippen LogP contribution in [0.3, 0.4) is 0 Å². The second kappa shape index (κ2) is 23.4. The van der Waals surface area contributed by atoms with Crippen molar-refractivity contribution in [1.29, 1.82) is 0 Å². The van der Waals surface area contributed by atoms with Crippen LogP contribution in [-0.2, 0) is 4.74 Å². The van der Waals surface area contributed by atoms with E-state index < -0.39 is 0 Å². The van der Waals surface area contributed by atoms with Crippen LogP contribution >= 0.6 is 12.4 Å². The van der Waals surface area contributed by atoms with Gasteiger partial charge in [-0.15, -0.1) is 12.4 Å². The quantitative estimate of drug-likeness (QED) is 0.356. The van der Waals surface area contributed by atoms with Gasteiger partial charge in [0.2, 0.25) is 0 Å². The summed E-state index contributed by atoms with van der Waals surface area (Å²) in [6.07, 6.45) is 15.7. The van der Waals surface area contributed by atoms with Crippen LogP contribution in [0.1, 0.15) is 84.0 Å². The highest BCUT2D eigenvalue weighted by Gasteiger charge is 1.94. The van der Waals surface area contributed by atoms with E-state index in [1.165, 1.54) is 64.2 Å². The first-order valence-corrected chi connectivity index (χ1v) is 9.31. The minimum atomic E-state index is 0. The van der Waals surface area contributed by atoms with Gasteiger partial charge in [-0.2, -0.15) is 0 Å². The maximum absolute atomic E-state index is 8.63. The zero-order chi connectivity index (χ0) is 15.4. The van der Waals surface area contributed by atoms with E-state index >= 15 is 0 Å². The molecule has 0 radical (unpaired) electrons. The average molecular weight is 338 g/mol. The van der Waals surface area contributed by atoms with Gasteiger partial charge in [0, 0.05) is 19.8 Å². The van der Waals surface area contributed by atoms with Crippen molar-refractivity contribution in [2.24, 2.45) is 0 Å². The van der Waals surface area contributed by atoms with Crippen LogP contribution in [0.4, 0.5) is 0 Å². The Morgan fingerprint density at radius 2 is 1.18 bits per heavy atom. The van der Waals surface area contributed by atoms with Gasteiger partial charge >= 0.3 is 0 Å². The highest BCUT2D eigenvalue weighted by molar-refractivity contribution is 5.85. The summed E-state index contributed by atoms with van der Waals surface area (Å²) in [6.45, 7) is 6.25. The van der Waals surface area contributed by atoms with Crippen molar-refractivity contribution in [3.05, 3.63) is 0 Å². The van der Waals surface area contributed by atoms with Crippen LogP contribution in [0.5, 0.6) is 0 Å². The molecule has 0 heterocycles. The van der Waals surface area contributed by atoms with Crippen LogP contribution in [0.2, 0.25) is 0 Å². The molecule has 3 nitrogen and oxygen atoms in total. The largest absolute Gasteiger partial charge is 0.396 e. The van der Waals surface area contributed by atoms with Gasteiger partial charge in [-0.1, -0.05) is 64.7 Å². The fourth-order valence-corrected chi connectivity index (χ4v) is 2.42. The molecular weight excluding hydrogens is 298 g/mol. The first-order chi connectivity index (χ1) is 10.4. The van der Waals surface area contributed by atoms with E-state index in [0.717, 1.165) is 39.1 Å². The lowest BCUT2D eigenvalue weighted by Crippen LogP contribution is -2.19. The summed E-state index contributed by atoms with van der Waals surface area (Å²) in [5, 5.41) is 11.9. The molecule has 0 atom stereocenters. The maximum atomic E-state index is 8.63. The highest BCUT2D eigenvalue weighted by atomic mass is 35.5. The van der Waals surface area contributed by atoms with Gasteiger partial charge in [0.25, 0.3) is 0 Å². The van der Waals surface area contributed by atoms with Gasteiger partial charge in [0.15, 0.2) is 0 Å². The number of unbranched alkanes of at least 4 members (excludes halogenated alkanes) is 9. The minimum absolute atomic E-state index is 0. The summed E-state index contributed by atoms with van der Waals surface area (Å²) in [5.41, 5.74) is 0. The van der Waals surface area contributed by atoms with Crippen molar-refractivity contribution in [3.8, 4) is 0 Å². The van der Waals surface area contributed by atoms with Gasteiger partial charge < -0.3 is 15.2 Å². The molecular formula is C18H40ClNO2. The van der Waals surface area contributed by atoms with Crippen LogP contribution < -0.4 is 5.32 Å². The van der Waals surface area contributed by atoms with E-state index in [1.807, 2.05) is 0 Å². The second-order valence-electron chi connectivity index (χ2n) is 5.98. The predicted molar refractivity (Wildman–Crippen MR) is 99.1 cm³/mol. The van der Waals surface area contributed by atoms with Crippen LogP contribution in [-0.4, -0.2) is 38.0 Å². The Hall–Kier alpha value is 0.170. The molecule has 0 amide bonds. The van der Waals surface area contributed by atoms with Crippen LogP contribution in [0, 0.1) is 0 Å². The lowest BCUT2D eigenvalue weighted by Gasteiger charge is -2.06. The summed E-state index contributed by atoms with van der Waals surface area (Å²) in [6, 6.07) is 0. The standard InChI is InChI=1S/C18H39NO2.ClH/c1-2-3-4-5-6-7-8-9-10-11-17-21-18-13-15-19-14-12-16-20;/h19-20H,2-18H2,1H3;1H. The highest BCUT2D eigenvalue weighted by Crippen LogP contribution is 2.10. The Balaban J connectivity index is 0. The van der Waals surface area contributed by atoms with E-state index in [2.05, 4.69) is 12.2 Å². The normalized spacial score (nSPS) is 10.6. The number of aliphatic hydroxyl groups excluding tert-OH is 1. The molecule has 0 bridgehead atoms. The SMILES string of the molecule is CCCCCCCCCCCCOCCCNCCCO.Cl. The molecule has 0 unspecified atom stereocenters. The topological polar surface area (TPSA) is 41.5 Å². The Kier molecular flexibility index (Phi) is 26.0. The fraction of sp³-hybridized carbons (Fsp3) is 1.00. The summed E-state index contributed by atoms with van der Waals surface area (Å²) in [4.78, 5) is 0. The van der Waals surface area contributed by atoms with E-state index in [1.54, 1.807) is 0 Å². The second-order valence-corrected chi connectivity index (χ2v) is 5.98. The van der Waals surface area contributed by atoms with Gasteiger partial charge in [-0.25, -0.2) is 0 Å². The monoisotopic (exact) mass is 337 g/mol. The summed E-state index contributed by atoms with van der Waals surface area (Å²) >= 11 is 0. The molecule has 0 aliphatic rings. The molecule has 0 aromatic carbocycles. The predicted octanol–water partition coefficient (Wildman–Crippen LogP) is 4.71. The van der Waals surface area contributed by atoms with Gasteiger partial charge in [-0.3, -0.25) is 0 Å². The molecule has 0 aliphatic carbocycles. The third-order valence-electron chi connectivity index (χ3n) is 3.80. The van der Waals surface area contributed by atoms with E-state index in [4.69, 9.17) is 9.84 Å². The first-order valence-electron chi connectivity index (χ1n) is 9.31. The minimum Gasteiger partial charge on any atom is -0.396 e. The smallest absolute Gasteiger partial charge is 0.0478 e. The van der Waals surface area contributed by atoms with Gasteiger partial charge in [0.1, 0.15) is 0 Å². The van der Waals surface area contributed by atoms with Crippen molar-refractivity contribution in [2.45, 2.75) is 84.0 Å². The molecule has 136 valence electrons. The third-order valence-corrected chi connectivity index (χ3v) is 3.80. The summed E-state index contributed by atoms with van der Waals surface area (Å²) in [5.74, 6) is 0. The van der Waals surface area contributed by atoms with Crippen molar-refractivity contribution in [2.75, 3.05) is 32.9 Å². The molecule has 0 saturated carbocycles. The van der Waals surface area contributed by atoms with Crippen molar-refractivity contribution >= 4 is 12.4 Å². The van der Waals surface area contributed by atoms with E-state index in [-0.39, 0.29) is 19.0 Å². The Bertz CT molecular complexity index is 164. The first kappa shape index (κ1) is 24.4. The molecule has 22 heavy (non-hydrogen) atoms. The Labute approximate surface area is 145 Å². The van der Waals surface area contributed by atoms with E-state index in [0.29, 0.717) is 0 Å². The zero-order valence-corrected chi connectivity index (χ0v) is 15.6. The average Bonchev–Trinajstić information content (AvgIpc) is 2.50. The van der Waals surface area contributed by atoms with Crippen LogP contribution in [0.15, 0.2) is 0 Å². The van der Waals surface area contributed by atoms with E-state index in [9.17, 15) is 0 Å². The lowest BCUT2D eigenvalue weighted by atomic mass is 10.1. The number of nitrogens with one attached hydrogen (secondary N) is 1. The molecule has 4 heteroatoms. The summed E-state index contributed by atoms with van der Waals surface area (Å²) < 4.78 is 5.62. The zero-order valence-electron chi connectivity index (χ0n) is 14.8. The molecule has 2 N–H and O–H groups in total. The van der Waals surface area contributed by atoms with Crippen LogP contribution in [0.25, 0.3) is 0 Å². The van der Waals surface area contributed by atoms with Crippen molar-refractivity contribution < 1.29 is 9.84 Å². The molecule has 0 rings (SSSR count). The molecule has 0 aromatic heterocycles. The molecule has 0 saturated heterocycles. The number of halogens is 1. The number of hydrogen-bond acceptors (Lipinski definition) is 3. The molecule has 0 aromatic rings. The van der Waals surface area contributed by atoms with Gasteiger partial charge in [0.05, 0.1) is 0 Å². The number of rotatable bonds is 18. The summed E-state index contributed by atoms with van der Waals surface area (Å²) in [7, 11) is 0. The molecule has 0 spiro atoms. The third kappa shape index (κ3) is 22.5. The lowest BCUT2D eigenvalue weighted by molar-refractivity contribution is 0.127. The van der Waals surface area contributed by atoms with Crippen molar-refractivity contribution in [3.63, 3.8) is 0 Å². The number of hydrogen-bond donors (Lipinski definition) is 2. The molecule has 0 aliphatic heterocycles. The Morgan fingerprint density at radius 3 is 1.77 bits per heavy atom. The maximum Gasteiger partial charge on any atom is 0.0478 e. The number of aliphatic hydroxyl groups is 1. The fourth-order valence-electron chi connectivity index (χ4n) is 2.42. The van der Waals surface area contributed by atoms with Crippen molar-refractivity contribution in [1.82, 2.24) is 5.32 Å². The number of ether oxygens (including phenoxy) is 1. The molecule has 0 fully saturated rings.